The van der Waals surface area contributed by atoms with Gasteiger partial charge in [0.15, 0.2) is 5.96 Å². The molecule has 0 spiro atoms. The van der Waals surface area contributed by atoms with E-state index < -0.39 is 0 Å². The molecule has 24 heavy (non-hydrogen) atoms. The highest BCUT2D eigenvalue weighted by Gasteiger charge is 2.22. The molecule has 1 fully saturated rings. The van der Waals surface area contributed by atoms with Crippen LogP contribution in [0, 0.1) is 0 Å². The molecular formula is C17H35IN4O2. The number of carbonyl (C=O) groups is 1. The summed E-state index contributed by atoms with van der Waals surface area (Å²) >= 11 is 0. The van der Waals surface area contributed by atoms with E-state index in [2.05, 4.69) is 22.5 Å². The van der Waals surface area contributed by atoms with E-state index in [1.54, 1.807) is 7.11 Å². The predicted octanol–water partition coefficient (Wildman–Crippen LogP) is 2.38. The van der Waals surface area contributed by atoms with Gasteiger partial charge in [0.2, 0.25) is 5.91 Å². The molecule has 1 heterocycles. The van der Waals surface area contributed by atoms with Crippen LogP contribution in [-0.4, -0.2) is 61.7 Å². The van der Waals surface area contributed by atoms with E-state index in [9.17, 15) is 4.79 Å². The quantitative estimate of drug-likeness (QED) is 0.352. The standard InChI is InChI=1S/C17H34N4O2.HI/c1-6-18-16(20-13-17(3,4)23-5)19-11-10-15(22)21-12-8-7-9-14(21)2;/h14H,6-13H2,1-5H3,(H2,18,19,20);1H. The third-order valence-electron chi connectivity index (χ3n) is 4.27. The number of guanidine groups is 1. The van der Waals surface area contributed by atoms with Crippen molar-refractivity contribution in [2.75, 3.05) is 33.3 Å². The highest BCUT2D eigenvalue weighted by molar-refractivity contribution is 14.0. The number of hydrogen-bond donors (Lipinski definition) is 2. The molecule has 0 aromatic carbocycles. The minimum absolute atomic E-state index is 0. The van der Waals surface area contributed by atoms with Crippen molar-refractivity contribution in [1.29, 1.82) is 0 Å². The Balaban J connectivity index is 0.00000529. The zero-order valence-corrected chi connectivity index (χ0v) is 18.2. The normalized spacial score (nSPS) is 18.8. The lowest BCUT2D eigenvalue weighted by molar-refractivity contribution is -0.134. The lowest BCUT2D eigenvalue weighted by Crippen LogP contribution is -2.44. The summed E-state index contributed by atoms with van der Waals surface area (Å²) < 4.78 is 5.38. The van der Waals surface area contributed by atoms with Crippen LogP contribution in [0.4, 0.5) is 0 Å². The number of hydrogen-bond acceptors (Lipinski definition) is 3. The largest absolute Gasteiger partial charge is 0.377 e. The molecular weight excluding hydrogens is 419 g/mol. The molecule has 0 radical (unpaired) electrons. The summed E-state index contributed by atoms with van der Waals surface area (Å²) in [5.74, 6) is 0.967. The van der Waals surface area contributed by atoms with E-state index in [1.807, 2.05) is 25.7 Å². The van der Waals surface area contributed by atoms with Crippen LogP contribution in [0.5, 0.6) is 0 Å². The Morgan fingerprint density at radius 3 is 2.62 bits per heavy atom. The van der Waals surface area contributed by atoms with Gasteiger partial charge in [-0.25, -0.2) is 0 Å². The molecule has 0 aromatic heterocycles. The van der Waals surface area contributed by atoms with Gasteiger partial charge in [-0.3, -0.25) is 9.79 Å². The van der Waals surface area contributed by atoms with Gasteiger partial charge in [-0.1, -0.05) is 0 Å². The lowest BCUT2D eigenvalue weighted by atomic mass is 10.0. The summed E-state index contributed by atoms with van der Waals surface area (Å²) in [7, 11) is 1.69. The van der Waals surface area contributed by atoms with Gasteiger partial charge in [0.1, 0.15) is 0 Å². The number of nitrogens with one attached hydrogen (secondary N) is 2. The molecule has 1 saturated heterocycles. The van der Waals surface area contributed by atoms with E-state index in [0.29, 0.717) is 25.6 Å². The van der Waals surface area contributed by atoms with Crippen molar-refractivity contribution in [3.8, 4) is 0 Å². The van der Waals surface area contributed by atoms with E-state index in [1.165, 1.54) is 6.42 Å². The van der Waals surface area contributed by atoms with Gasteiger partial charge in [0.05, 0.1) is 12.1 Å². The van der Waals surface area contributed by atoms with Crippen molar-refractivity contribution < 1.29 is 9.53 Å². The maximum absolute atomic E-state index is 12.3. The molecule has 7 heteroatoms. The first-order valence-electron chi connectivity index (χ1n) is 8.76. The second-order valence-corrected chi connectivity index (χ2v) is 6.77. The second kappa shape index (κ2) is 11.9. The molecule has 2 N–H and O–H groups in total. The SMILES string of the molecule is CCNC(=NCC(C)(C)OC)NCCC(=O)N1CCCCC1C.I. The number of halogens is 1. The van der Waals surface area contributed by atoms with E-state index in [0.717, 1.165) is 31.9 Å². The van der Waals surface area contributed by atoms with E-state index in [-0.39, 0.29) is 35.5 Å². The first-order valence-corrected chi connectivity index (χ1v) is 8.76. The van der Waals surface area contributed by atoms with Crippen molar-refractivity contribution >= 4 is 35.8 Å². The third-order valence-corrected chi connectivity index (χ3v) is 4.27. The number of likely N-dealkylation sites (tertiary alicyclic amines) is 1. The number of rotatable bonds is 7. The van der Waals surface area contributed by atoms with E-state index in [4.69, 9.17) is 4.74 Å². The topological polar surface area (TPSA) is 66.0 Å². The number of methoxy groups -OCH3 is 1. The summed E-state index contributed by atoms with van der Waals surface area (Å²) in [6, 6.07) is 0.376. The third kappa shape index (κ3) is 8.50. The van der Waals surface area contributed by atoms with Gasteiger partial charge < -0.3 is 20.3 Å². The Morgan fingerprint density at radius 2 is 2.04 bits per heavy atom. The van der Waals surface area contributed by atoms with Gasteiger partial charge in [-0.15, -0.1) is 24.0 Å². The van der Waals surface area contributed by atoms with Crippen LogP contribution in [0.15, 0.2) is 4.99 Å². The zero-order valence-electron chi connectivity index (χ0n) is 15.9. The Labute approximate surface area is 164 Å². The molecule has 0 aromatic rings. The average Bonchev–Trinajstić information content (AvgIpc) is 2.53. The van der Waals surface area contributed by atoms with E-state index >= 15 is 0 Å². The molecule has 142 valence electrons. The molecule has 1 atom stereocenters. The summed E-state index contributed by atoms with van der Waals surface area (Å²) in [6.45, 7) is 11.0. The number of carbonyl (C=O) groups excluding carboxylic acids is 1. The highest BCUT2D eigenvalue weighted by atomic mass is 127. The van der Waals surface area contributed by atoms with Crippen molar-refractivity contribution in [2.45, 2.75) is 65.0 Å². The molecule has 0 aliphatic carbocycles. The first-order chi connectivity index (χ1) is 10.9. The van der Waals surface area contributed by atoms with Crippen molar-refractivity contribution in [2.24, 2.45) is 4.99 Å². The van der Waals surface area contributed by atoms with Crippen LogP contribution in [0.2, 0.25) is 0 Å². The molecule has 1 amide bonds. The number of ether oxygens (including phenoxy) is 1. The Morgan fingerprint density at radius 1 is 1.33 bits per heavy atom. The van der Waals surface area contributed by atoms with Crippen LogP contribution in [0.1, 0.15) is 53.4 Å². The maximum Gasteiger partial charge on any atom is 0.224 e. The predicted molar refractivity (Wildman–Crippen MR) is 110 cm³/mol. The van der Waals surface area contributed by atoms with Crippen LogP contribution in [-0.2, 0) is 9.53 Å². The summed E-state index contributed by atoms with van der Waals surface area (Å²) in [6.07, 6.45) is 3.98. The smallest absolute Gasteiger partial charge is 0.224 e. The van der Waals surface area contributed by atoms with Crippen LogP contribution >= 0.6 is 24.0 Å². The summed E-state index contributed by atoms with van der Waals surface area (Å²) in [5.41, 5.74) is -0.290. The lowest BCUT2D eigenvalue weighted by Gasteiger charge is -2.33. The van der Waals surface area contributed by atoms with Gasteiger partial charge in [-0.2, -0.15) is 0 Å². The minimum Gasteiger partial charge on any atom is -0.377 e. The fourth-order valence-electron chi connectivity index (χ4n) is 2.58. The molecule has 0 bridgehead atoms. The fraction of sp³-hybridized carbons (Fsp3) is 0.882. The first kappa shape index (κ1) is 23.4. The molecule has 0 saturated carbocycles. The monoisotopic (exact) mass is 454 g/mol. The Bertz CT molecular complexity index is 402. The number of amides is 1. The van der Waals surface area contributed by atoms with Crippen molar-refractivity contribution in [3.05, 3.63) is 0 Å². The van der Waals surface area contributed by atoms with Gasteiger partial charge in [0.25, 0.3) is 0 Å². The average molecular weight is 454 g/mol. The van der Waals surface area contributed by atoms with Gasteiger partial charge in [-0.05, 0) is 47.0 Å². The van der Waals surface area contributed by atoms with Crippen LogP contribution in [0.3, 0.4) is 0 Å². The molecule has 1 aliphatic rings. The summed E-state index contributed by atoms with van der Waals surface area (Å²) in [5, 5.41) is 6.44. The summed E-state index contributed by atoms with van der Waals surface area (Å²) in [4.78, 5) is 18.9. The molecule has 1 rings (SSSR count). The Hall–Kier alpha value is -0.570. The molecule has 1 unspecified atom stereocenters. The number of aliphatic imine (C=N–C) groups is 1. The second-order valence-electron chi connectivity index (χ2n) is 6.77. The van der Waals surface area contributed by atoms with Gasteiger partial charge >= 0.3 is 0 Å². The van der Waals surface area contributed by atoms with Crippen molar-refractivity contribution in [1.82, 2.24) is 15.5 Å². The van der Waals surface area contributed by atoms with Gasteiger partial charge in [0, 0.05) is 39.2 Å². The Kier molecular flexibility index (Phi) is 11.6. The maximum atomic E-state index is 12.3. The van der Waals surface area contributed by atoms with Crippen LogP contribution < -0.4 is 10.6 Å². The zero-order chi connectivity index (χ0) is 17.3. The number of piperidine rings is 1. The fourth-order valence-corrected chi connectivity index (χ4v) is 2.58. The number of nitrogens with zero attached hydrogens (tertiary/aromatic N) is 2. The highest BCUT2D eigenvalue weighted by Crippen LogP contribution is 2.16. The van der Waals surface area contributed by atoms with Crippen LogP contribution in [0.25, 0.3) is 0 Å². The molecule has 6 nitrogen and oxygen atoms in total. The molecule has 1 aliphatic heterocycles. The van der Waals surface area contributed by atoms with Crippen molar-refractivity contribution in [3.63, 3.8) is 0 Å². The minimum atomic E-state index is -0.290.